The number of hydrogen-bond donors (Lipinski definition) is 1. The molecule has 2 nitrogen and oxygen atoms in total. The van der Waals surface area contributed by atoms with Gasteiger partial charge in [-0.1, -0.05) is 38.1 Å². The average Bonchev–Trinajstić information content (AvgIpc) is 2.66. The fourth-order valence-electron chi connectivity index (χ4n) is 3.09. The summed E-state index contributed by atoms with van der Waals surface area (Å²) >= 11 is 0. The van der Waals surface area contributed by atoms with Crippen LogP contribution in [0, 0.1) is 5.92 Å². The van der Waals surface area contributed by atoms with Crippen molar-refractivity contribution in [2.24, 2.45) is 5.92 Å². The Hall–Kier alpha value is -0.860. The van der Waals surface area contributed by atoms with E-state index in [0.29, 0.717) is 12.0 Å². The van der Waals surface area contributed by atoms with E-state index >= 15 is 0 Å². The molecule has 0 aromatic heterocycles. The highest BCUT2D eigenvalue weighted by atomic mass is 16.3. The lowest BCUT2D eigenvalue weighted by molar-refractivity contribution is 0.0505. The Labute approximate surface area is 111 Å². The van der Waals surface area contributed by atoms with Gasteiger partial charge in [0.1, 0.15) is 0 Å². The molecule has 0 heterocycles. The third-order valence-electron chi connectivity index (χ3n) is 4.20. The van der Waals surface area contributed by atoms with Crippen LogP contribution in [-0.2, 0) is 6.42 Å². The maximum Gasteiger partial charge on any atom is 0.0951 e. The van der Waals surface area contributed by atoms with E-state index in [-0.39, 0.29) is 12.1 Å². The monoisotopic (exact) mass is 247 g/mol. The summed E-state index contributed by atoms with van der Waals surface area (Å²) in [6.45, 7) is 6.77. The maximum absolute atomic E-state index is 10.5. The molecule has 18 heavy (non-hydrogen) atoms. The van der Waals surface area contributed by atoms with Gasteiger partial charge in [0.15, 0.2) is 0 Å². The maximum atomic E-state index is 10.5. The lowest BCUT2D eigenvalue weighted by Gasteiger charge is -2.33. The van der Waals surface area contributed by atoms with E-state index in [0.717, 1.165) is 12.0 Å². The largest absolute Gasteiger partial charge is 0.387 e. The molecule has 1 aromatic rings. The van der Waals surface area contributed by atoms with Gasteiger partial charge in [-0.3, -0.25) is 4.90 Å². The molecule has 0 aliphatic heterocycles. The number of aliphatic hydroxyl groups is 1. The molecule has 1 aliphatic rings. The minimum atomic E-state index is -0.333. The van der Waals surface area contributed by atoms with E-state index in [9.17, 15) is 5.11 Å². The van der Waals surface area contributed by atoms with Gasteiger partial charge in [0, 0.05) is 12.1 Å². The van der Waals surface area contributed by atoms with Gasteiger partial charge in [-0.25, -0.2) is 0 Å². The molecular weight excluding hydrogens is 222 g/mol. The van der Waals surface area contributed by atoms with Crippen LogP contribution in [0.5, 0.6) is 0 Å². The van der Waals surface area contributed by atoms with Crippen LogP contribution in [0.4, 0.5) is 0 Å². The summed E-state index contributed by atoms with van der Waals surface area (Å²) in [6.07, 6.45) is 1.81. The van der Waals surface area contributed by atoms with Crippen LogP contribution in [-0.4, -0.2) is 29.1 Å². The molecule has 0 amide bonds. The van der Waals surface area contributed by atoms with E-state index in [1.165, 1.54) is 12.0 Å². The Morgan fingerprint density at radius 3 is 2.56 bits per heavy atom. The number of benzene rings is 1. The van der Waals surface area contributed by atoms with Crippen LogP contribution in [0.2, 0.25) is 0 Å². The Bertz CT molecular complexity index is 402. The molecule has 100 valence electrons. The van der Waals surface area contributed by atoms with Crippen molar-refractivity contribution in [2.45, 2.75) is 51.8 Å². The smallest absolute Gasteiger partial charge is 0.0951 e. The molecule has 3 unspecified atom stereocenters. The number of hydrogen-bond acceptors (Lipinski definition) is 2. The summed E-state index contributed by atoms with van der Waals surface area (Å²) in [5, 5.41) is 10.5. The lowest BCUT2D eigenvalue weighted by atomic mass is 10.0. The first kappa shape index (κ1) is 13.6. The van der Waals surface area contributed by atoms with Crippen molar-refractivity contribution in [3.05, 3.63) is 35.4 Å². The van der Waals surface area contributed by atoms with Crippen molar-refractivity contribution in [3.63, 3.8) is 0 Å². The normalized spacial score (nSPS) is 24.6. The molecule has 1 aliphatic carbocycles. The zero-order chi connectivity index (χ0) is 13.3. The molecule has 0 saturated heterocycles. The first-order valence-corrected chi connectivity index (χ1v) is 6.98. The Morgan fingerprint density at radius 1 is 1.28 bits per heavy atom. The second-order valence-electron chi connectivity index (χ2n) is 6.06. The second kappa shape index (κ2) is 5.41. The summed E-state index contributed by atoms with van der Waals surface area (Å²) in [7, 11) is 2.15. The standard InChI is InChI=1S/C16H25NO/c1-11(2)9-12(3)17(4)15-10-13-7-5-6-8-14(13)16(15)18/h5-8,11-12,15-16,18H,9-10H2,1-4H3. The van der Waals surface area contributed by atoms with Crippen molar-refractivity contribution in [2.75, 3.05) is 7.05 Å². The predicted octanol–water partition coefficient (Wildman–Crippen LogP) is 3.01. The first-order valence-electron chi connectivity index (χ1n) is 6.98. The number of nitrogens with zero attached hydrogens (tertiary/aromatic N) is 1. The van der Waals surface area contributed by atoms with E-state index in [1.54, 1.807) is 0 Å². The van der Waals surface area contributed by atoms with Crippen LogP contribution in [0.1, 0.15) is 44.4 Å². The zero-order valence-corrected chi connectivity index (χ0v) is 11.9. The minimum Gasteiger partial charge on any atom is -0.387 e. The van der Waals surface area contributed by atoms with E-state index in [1.807, 2.05) is 6.07 Å². The summed E-state index contributed by atoms with van der Waals surface area (Å²) < 4.78 is 0. The Balaban J connectivity index is 2.08. The van der Waals surface area contributed by atoms with Gasteiger partial charge in [-0.05, 0) is 43.9 Å². The Morgan fingerprint density at radius 2 is 1.94 bits per heavy atom. The average molecular weight is 247 g/mol. The van der Waals surface area contributed by atoms with Crippen LogP contribution >= 0.6 is 0 Å². The molecule has 3 atom stereocenters. The molecule has 1 aromatic carbocycles. The number of likely N-dealkylation sites (N-methyl/N-ethyl adjacent to an activating group) is 1. The molecule has 0 saturated carbocycles. The van der Waals surface area contributed by atoms with Crippen molar-refractivity contribution in [1.29, 1.82) is 0 Å². The van der Waals surface area contributed by atoms with E-state index < -0.39 is 0 Å². The van der Waals surface area contributed by atoms with Crippen molar-refractivity contribution in [3.8, 4) is 0 Å². The number of fused-ring (bicyclic) bond motifs is 1. The first-order chi connectivity index (χ1) is 8.50. The van der Waals surface area contributed by atoms with Gasteiger partial charge in [-0.15, -0.1) is 0 Å². The van der Waals surface area contributed by atoms with Crippen LogP contribution in [0.3, 0.4) is 0 Å². The van der Waals surface area contributed by atoms with Gasteiger partial charge in [0.2, 0.25) is 0 Å². The van der Waals surface area contributed by atoms with Crippen LogP contribution < -0.4 is 0 Å². The molecule has 2 rings (SSSR count). The van der Waals surface area contributed by atoms with Gasteiger partial charge >= 0.3 is 0 Å². The van der Waals surface area contributed by atoms with Crippen molar-refractivity contribution < 1.29 is 5.11 Å². The molecule has 0 fully saturated rings. The van der Waals surface area contributed by atoms with E-state index in [4.69, 9.17) is 0 Å². The minimum absolute atomic E-state index is 0.233. The van der Waals surface area contributed by atoms with Gasteiger partial charge in [-0.2, -0.15) is 0 Å². The SMILES string of the molecule is CC(C)CC(C)N(C)C1Cc2ccccc2C1O. The molecule has 0 bridgehead atoms. The molecule has 2 heteroatoms. The third kappa shape index (κ3) is 2.60. The third-order valence-corrected chi connectivity index (χ3v) is 4.20. The number of rotatable bonds is 4. The van der Waals surface area contributed by atoms with E-state index in [2.05, 4.69) is 50.9 Å². The van der Waals surface area contributed by atoms with Gasteiger partial charge < -0.3 is 5.11 Å². The van der Waals surface area contributed by atoms with Gasteiger partial charge in [0.25, 0.3) is 0 Å². The fourth-order valence-corrected chi connectivity index (χ4v) is 3.09. The summed E-state index contributed by atoms with van der Waals surface area (Å²) in [6, 6.07) is 9.02. The summed E-state index contributed by atoms with van der Waals surface area (Å²) in [5.74, 6) is 0.698. The zero-order valence-electron chi connectivity index (χ0n) is 11.9. The predicted molar refractivity (Wildman–Crippen MR) is 75.6 cm³/mol. The van der Waals surface area contributed by atoms with Crippen LogP contribution in [0.15, 0.2) is 24.3 Å². The lowest BCUT2D eigenvalue weighted by Crippen LogP contribution is -2.41. The summed E-state index contributed by atoms with van der Waals surface area (Å²) in [5.41, 5.74) is 2.42. The number of aliphatic hydroxyl groups excluding tert-OH is 1. The molecule has 1 N–H and O–H groups in total. The highest BCUT2D eigenvalue weighted by molar-refractivity contribution is 5.35. The second-order valence-corrected chi connectivity index (χ2v) is 6.06. The molecular formula is C16H25NO. The highest BCUT2D eigenvalue weighted by Gasteiger charge is 2.34. The molecule has 0 spiro atoms. The van der Waals surface area contributed by atoms with Crippen molar-refractivity contribution in [1.82, 2.24) is 4.90 Å². The fraction of sp³-hybridized carbons (Fsp3) is 0.625. The quantitative estimate of drug-likeness (QED) is 0.884. The van der Waals surface area contributed by atoms with Gasteiger partial charge in [0.05, 0.1) is 6.10 Å². The molecule has 0 radical (unpaired) electrons. The topological polar surface area (TPSA) is 23.5 Å². The summed E-state index contributed by atoms with van der Waals surface area (Å²) in [4.78, 5) is 2.35. The van der Waals surface area contributed by atoms with Crippen LogP contribution in [0.25, 0.3) is 0 Å². The van der Waals surface area contributed by atoms with Crippen molar-refractivity contribution >= 4 is 0 Å². The highest BCUT2D eigenvalue weighted by Crippen LogP contribution is 2.34. The Kier molecular flexibility index (Phi) is 4.08.